The Kier molecular flexibility index (Phi) is 79.7. The first-order valence-electron chi connectivity index (χ1n) is 15.7. The third kappa shape index (κ3) is 106. The van der Waals surface area contributed by atoms with Gasteiger partial charge in [-0.3, -0.25) is 24.0 Å². The first kappa shape index (κ1) is 54.0. The van der Waals surface area contributed by atoms with Crippen molar-refractivity contribution in [3.8, 4) is 0 Å². The molecule has 0 aromatic rings. The predicted octanol–water partition coefficient (Wildman–Crippen LogP) is 9.90. The highest BCUT2D eigenvalue weighted by molar-refractivity contribution is 5.87. The fourth-order valence-corrected chi connectivity index (χ4v) is 2.02. The van der Waals surface area contributed by atoms with Gasteiger partial charge in [-0.2, -0.15) is 0 Å². The van der Waals surface area contributed by atoms with Crippen molar-refractivity contribution in [2.45, 2.75) is 99.3 Å². The number of rotatable bonds is 18. The third-order valence-electron chi connectivity index (χ3n) is 4.22. The predicted molar refractivity (Wildman–Crippen MR) is 198 cm³/mol. The summed E-state index contributed by atoms with van der Waals surface area (Å²) in [7, 11) is 0. The van der Waals surface area contributed by atoms with Crippen molar-refractivity contribution in [1.82, 2.24) is 0 Å². The Bertz CT molecular complexity index is 950. The molecule has 0 aromatic heterocycles. The van der Waals surface area contributed by atoms with Crippen molar-refractivity contribution < 1.29 is 28.8 Å². The van der Waals surface area contributed by atoms with Crippen molar-refractivity contribution in [2.24, 2.45) is 0 Å². The van der Waals surface area contributed by atoms with Crippen LogP contribution >= 0.6 is 0 Å². The van der Waals surface area contributed by atoms with Crippen LogP contribution in [0.1, 0.15) is 99.3 Å². The molecule has 0 amide bonds. The van der Waals surface area contributed by atoms with Gasteiger partial charge >= 0.3 is 0 Å². The van der Waals surface area contributed by atoms with Crippen LogP contribution in [0.4, 0.5) is 0 Å². The summed E-state index contributed by atoms with van der Waals surface area (Å²) >= 11 is 0. The second-order valence-corrected chi connectivity index (χ2v) is 8.43. The van der Waals surface area contributed by atoms with E-state index >= 15 is 0 Å². The van der Waals surface area contributed by atoms with Gasteiger partial charge in [-0.25, -0.2) is 0 Å². The van der Waals surface area contributed by atoms with E-state index in [-0.39, 0.29) is 5.78 Å². The van der Waals surface area contributed by atoms with Gasteiger partial charge in [-0.15, -0.1) is 5.73 Å². The van der Waals surface area contributed by atoms with Gasteiger partial charge in [0.2, 0.25) is 0 Å². The lowest BCUT2D eigenvalue weighted by molar-refractivity contribution is -0.112. The van der Waals surface area contributed by atoms with Crippen molar-refractivity contribution in [1.29, 1.82) is 0 Å². The first-order valence-corrected chi connectivity index (χ1v) is 15.7. The van der Waals surface area contributed by atoms with Crippen molar-refractivity contribution in [3.05, 3.63) is 116 Å². The summed E-state index contributed by atoms with van der Waals surface area (Å²) in [6, 6.07) is 0. The largest absolute Gasteiger partial charge is 0.303 e. The Morgan fingerprint density at radius 1 is 0.587 bits per heavy atom. The number of hydrogen-bond donors (Lipinski definition) is 0. The molecule has 0 saturated heterocycles. The number of ketones is 1. The highest BCUT2D eigenvalue weighted by Crippen LogP contribution is 1.94. The highest BCUT2D eigenvalue weighted by atomic mass is 16.1. The molecule has 0 saturated carbocycles. The molecule has 0 N–H and O–H groups in total. The zero-order valence-corrected chi connectivity index (χ0v) is 29.2. The van der Waals surface area contributed by atoms with Crippen LogP contribution in [0.3, 0.4) is 0 Å². The average Bonchev–Trinajstić information content (AvgIpc) is 3.06. The maximum absolute atomic E-state index is 10.3. The maximum Gasteiger partial charge on any atom is 0.152 e. The van der Waals surface area contributed by atoms with Crippen molar-refractivity contribution in [2.75, 3.05) is 0 Å². The molecule has 0 fully saturated rings. The van der Waals surface area contributed by atoms with Gasteiger partial charge in [0.05, 0.1) is 0 Å². The smallest absolute Gasteiger partial charge is 0.152 e. The second-order valence-electron chi connectivity index (χ2n) is 8.43. The lowest BCUT2D eigenvalue weighted by Crippen LogP contribution is -1.77. The van der Waals surface area contributed by atoms with E-state index in [4.69, 9.17) is 0 Å². The zero-order valence-electron chi connectivity index (χ0n) is 29.2. The Morgan fingerprint density at radius 2 is 1.02 bits per heavy atom. The Balaban J connectivity index is -0.000000106. The summed E-state index contributed by atoms with van der Waals surface area (Å²) in [4.78, 5) is 58.2. The van der Waals surface area contributed by atoms with E-state index in [0.29, 0.717) is 6.42 Å². The molecule has 6 nitrogen and oxygen atoms in total. The van der Waals surface area contributed by atoms with Crippen LogP contribution < -0.4 is 0 Å². The number of carbonyl (C=O) groups is 6. The lowest BCUT2D eigenvalue weighted by Gasteiger charge is -1.84. The molecule has 0 aromatic carbocycles. The second kappa shape index (κ2) is 67.9. The normalized spacial score (nSPS) is 10.1. The average molecular weight is 637 g/mol. The first-order chi connectivity index (χ1) is 22.3. The van der Waals surface area contributed by atoms with Crippen LogP contribution in [0.5, 0.6) is 0 Å². The number of unbranched alkanes of at least 4 members (excludes halogenated alkanes) is 4. The summed E-state index contributed by atoms with van der Waals surface area (Å²) in [6.45, 7) is 15.0. The molecule has 0 radical (unpaired) electrons. The van der Waals surface area contributed by atoms with Gasteiger partial charge in [-0.1, -0.05) is 127 Å². The van der Waals surface area contributed by atoms with Crippen LogP contribution in [0.2, 0.25) is 0 Å². The number of hydrogen-bond acceptors (Lipinski definition) is 6. The molecule has 0 rings (SSSR count). The molecule has 256 valence electrons. The van der Waals surface area contributed by atoms with Crippen LogP contribution in [0.25, 0.3) is 0 Å². The van der Waals surface area contributed by atoms with Gasteiger partial charge in [0.1, 0.15) is 31.4 Å². The SMILES string of the molecule is C=C=CCC=O.CC=CC=O.CCC=CC=CC(C)=O.CCC=CC=CC=O.CCCCC=CC=CC=O.CCCCC=CC=O. The van der Waals surface area contributed by atoms with Crippen LogP contribution in [-0.4, -0.2) is 37.2 Å². The molecule has 0 spiro atoms. The fraction of sp³-hybridized carbons (Fsp3) is 0.375. The Labute approximate surface area is 280 Å². The van der Waals surface area contributed by atoms with Gasteiger partial charge < -0.3 is 4.79 Å². The van der Waals surface area contributed by atoms with Gasteiger partial charge in [0, 0.05) is 6.42 Å². The van der Waals surface area contributed by atoms with E-state index in [1.54, 1.807) is 49.5 Å². The maximum atomic E-state index is 10.3. The Morgan fingerprint density at radius 3 is 1.33 bits per heavy atom. The number of allylic oxidation sites excluding steroid dienone is 17. The molecule has 6 heteroatoms. The van der Waals surface area contributed by atoms with Crippen molar-refractivity contribution in [3.63, 3.8) is 0 Å². The summed E-state index contributed by atoms with van der Waals surface area (Å²) in [6.07, 6.45) is 42.9. The number of aldehydes is 5. The van der Waals surface area contributed by atoms with E-state index in [1.807, 2.05) is 43.4 Å². The summed E-state index contributed by atoms with van der Waals surface area (Å²) < 4.78 is 0. The molecule has 0 aliphatic heterocycles. The zero-order chi connectivity index (χ0) is 36.2. The molecule has 0 aliphatic rings. The number of carbonyl (C=O) groups excluding carboxylic acids is 6. The minimum Gasteiger partial charge on any atom is -0.303 e. The lowest BCUT2D eigenvalue weighted by atomic mass is 10.2. The van der Waals surface area contributed by atoms with E-state index in [2.05, 4.69) is 39.2 Å². The van der Waals surface area contributed by atoms with E-state index < -0.39 is 0 Å². The van der Waals surface area contributed by atoms with E-state index in [1.165, 1.54) is 50.8 Å². The van der Waals surface area contributed by atoms with Gasteiger partial charge in [0.25, 0.3) is 0 Å². The highest BCUT2D eigenvalue weighted by Gasteiger charge is 1.76. The minimum absolute atomic E-state index is 0.0933. The topological polar surface area (TPSA) is 102 Å². The summed E-state index contributed by atoms with van der Waals surface area (Å²) in [5.74, 6) is 0.0933. The molecule has 0 atom stereocenters. The molecular weight excluding hydrogens is 576 g/mol. The quantitative estimate of drug-likeness (QED) is 0.0488. The molecule has 0 unspecified atom stereocenters. The standard InChI is InChI=1S/C9H14O.C8H12O.C7H12O.C7H10O.C5H6O.C4H6O/c1-2-3-4-5-6-7-8-9-10;1-3-4-5-6-7-8(2)9;2*1-2-3-4-5-6-7-8;1-2-3-4-5-6;1-2-3-4-5/h5-9H,2-4H2,1H3;4-7H,3H2,1-2H3;5-7H,2-4H2,1H3;3-7H,2H2,1H3;3,5H,1,4H2;2-4H,1H3. The molecule has 0 bridgehead atoms. The fourth-order valence-electron chi connectivity index (χ4n) is 2.02. The van der Waals surface area contributed by atoms with Crippen LogP contribution in [-0.2, 0) is 28.8 Å². The summed E-state index contributed by atoms with van der Waals surface area (Å²) in [5, 5.41) is 0. The Hall–Kier alpha value is -4.54. The van der Waals surface area contributed by atoms with Gasteiger partial charge in [-0.05, 0) is 76.0 Å². The third-order valence-corrected chi connectivity index (χ3v) is 4.22. The molecular formula is C40H60O6. The van der Waals surface area contributed by atoms with Crippen LogP contribution in [0.15, 0.2) is 116 Å². The molecule has 0 heterocycles. The van der Waals surface area contributed by atoms with Crippen LogP contribution in [0, 0.1) is 0 Å². The summed E-state index contributed by atoms with van der Waals surface area (Å²) in [5.41, 5.74) is 2.46. The molecule has 46 heavy (non-hydrogen) atoms. The van der Waals surface area contributed by atoms with E-state index in [0.717, 1.165) is 57.1 Å². The minimum atomic E-state index is 0.0933. The van der Waals surface area contributed by atoms with Crippen molar-refractivity contribution >= 4 is 37.2 Å². The van der Waals surface area contributed by atoms with E-state index in [9.17, 15) is 28.8 Å². The van der Waals surface area contributed by atoms with Gasteiger partial charge in [0.15, 0.2) is 5.78 Å². The monoisotopic (exact) mass is 636 g/mol. The molecule has 0 aliphatic carbocycles.